The van der Waals surface area contributed by atoms with Gasteiger partial charge in [0.2, 0.25) is 5.91 Å². The largest absolute Gasteiger partial charge is 0.496 e. The lowest BCUT2D eigenvalue weighted by atomic mass is 9.91. The molecule has 44 heavy (non-hydrogen) atoms. The number of aromatic nitrogens is 5. The topological polar surface area (TPSA) is 104 Å². The van der Waals surface area contributed by atoms with Gasteiger partial charge in [-0.25, -0.2) is 22.9 Å². The van der Waals surface area contributed by atoms with Crippen LogP contribution in [0.5, 0.6) is 5.75 Å². The molecule has 226 valence electrons. The zero-order valence-electron chi connectivity index (χ0n) is 23.7. The van der Waals surface area contributed by atoms with Crippen LogP contribution >= 0.6 is 11.6 Å². The van der Waals surface area contributed by atoms with Crippen molar-refractivity contribution in [3.8, 4) is 16.9 Å². The average molecular weight is 625 g/mol. The molecule has 0 saturated carbocycles. The van der Waals surface area contributed by atoms with E-state index in [-0.39, 0.29) is 46.9 Å². The molecule has 1 aliphatic heterocycles. The van der Waals surface area contributed by atoms with Crippen molar-refractivity contribution >= 4 is 34.1 Å². The quantitative estimate of drug-likeness (QED) is 0.264. The molecule has 0 spiro atoms. The van der Waals surface area contributed by atoms with Gasteiger partial charge in [-0.15, -0.1) is 0 Å². The van der Waals surface area contributed by atoms with Gasteiger partial charge < -0.3 is 9.64 Å². The molecule has 0 saturated heterocycles. The van der Waals surface area contributed by atoms with E-state index in [2.05, 4.69) is 10.1 Å². The first-order valence-electron chi connectivity index (χ1n) is 13.4. The second kappa shape index (κ2) is 11.0. The Kier molecular flexibility index (Phi) is 7.28. The van der Waals surface area contributed by atoms with Gasteiger partial charge in [0, 0.05) is 36.8 Å². The van der Waals surface area contributed by atoms with Crippen LogP contribution < -0.4 is 20.9 Å². The summed E-state index contributed by atoms with van der Waals surface area (Å²) < 4.78 is 51.3. The Hall–Kier alpha value is -4.91. The number of amides is 1. The van der Waals surface area contributed by atoms with Crippen molar-refractivity contribution < 1.29 is 22.7 Å². The Balaban J connectivity index is 1.66. The zero-order chi connectivity index (χ0) is 31.4. The molecule has 14 heteroatoms. The summed E-state index contributed by atoms with van der Waals surface area (Å²) in [7, 11) is 4.65. The number of methoxy groups -OCH3 is 1. The molecule has 1 aliphatic rings. The van der Waals surface area contributed by atoms with Crippen molar-refractivity contribution in [3.05, 3.63) is 103 Å². The molecule has 0 bridgehead atoms. The van der Waals surface area contributed by atoms with Gasteiger partial charge in [0.05, 0.1) is 25.7 Å². The monoisotopic (exact) mass is 624 g/mol. The first kappa shape index (κ1) is 29.2. The number of aryl methyl sites for hydroxylation is 1. The Morgan fingerprint density at radius 3 is 2.34 bits per heavy atom. The van der Waals surface area contributed by atoms with E-state index in [1.54, 1.807) is 38.4 Å². The Bertz CT molecular complexity index is 2100. The predicted molar refractivity (Wildman–Crippen MR) is 157 cm³/mol. The molecule has 0 N–H and O–H groups in total. The number of anilines is 1. The minimum atomic E-state index is -1.65. The van der Waals surface area contributed by atoms with Crippen LogP contribution in [0.1, 0.15) is 23.4 Å². The summed E-state index contributed by atoms with van der Waals surface area (Å²) in [5.74, 6) is -4.28. The van der Waals surface area contributed by atoms with Crippen LogP contribution in [0.15, 0.2) is 52.3 Å². The predicted octanol–water partition coefficient (Wildman–Crippen LogP) is 4.04. The zero-order valence-corrected chi connectivity index (χ0v) is 24.5. The van der Waals surface area contributed by atoms with Gasteiger partial charge in [0.25, 0.3) is 5.56 Å². The van der Waals surface area contributed by atoms with Gasteiger partial charge in [-0.1, -0.05) is 11.6 Å². The van der Waals surface area contributed by atoms with E-state index in [4.69, 9.17) is 16.3 Å². The Morgan fingerprint density at radius 2 is 1.68 bits per heavy atom. The number of halogens is 4. The van der Waals surface area contributed by atoms with Crippen LogP contribution in [0, 0.1) is 17.5 Å². The van der Waals surface area contributed by atoms with Crippen LogP contribution in [0.4, 0.5) is 18.9 Å². The molecule has 5 aromatic rings. The third-order valence-electron chi connectivity index (χ3n) is 7.69. The summed E-state index contributed by atoms with van der Waals surface area (Å²) in [4.78, 5) is 45.9. The summed E-state index contributed by atoms with van der Waals surface area (Å²) in [6.07, 6.45) is 2.06. The van der Waals surface area contributed by atoms with Crippen molar-refractivity contribution in [2.24, 2.45) is 7.05 Å². The Labute approximate surface area is 252 Å². The molecule has 0 fully saturated rings. The van der Waals surface area contributed by atoms with E-state index < -0.39 is 35.2 Å². The number of carbonyl (C=O) groups is 1. The van der Waals surface area contributed by atoms with Gasteiger partial charge in [-0.3, -0.25) is 23.4 Å². The number of fused-ring (bicyclic) bond motifs is 2. The summed E-state index contributed by atoms with van der Waals surface area (Å²) in [5, 5.41) is 4.52. The molecule has 0 aliphatic carbocycles. The third-order valence-corrected chi connectivity index (χ3v) is 8.01. The summed E-state index contributed by atoms with van der Waals surface area (Å²) in [6, 6.07) is 8.13. The summed E-state index contributed by atoms with van der Waals surface area (Å²) in [6.45, 7) is -0.728. The number of benzene rings is 3. The molecule has 0 unspecified atom stereocenters. The van der Waals surface area contributed by atoms with Crippen LogP contribution in [0.3, 0.4) is 0 Å². The molecular formula is C30H24ClF3N6O4. The highest BCUT2D eigenvalue weighted by molar-refractivity contribution is 6.34. The number of nitrogens with zero attached hydrogens (tertiary/aromatic N) is 6. The van der Waals surface area contributed by atoms with Gasteiger partial charge >= 0.3 is 5.69 Å². The van der Waals surface area contributed by atoms with Crippen LogP contribution in [-0.2, 0) is 31.4 Å². The molecule has 10 nitrogen and oxygen atoms in total. The summed E-state index contributed by atoms with van der Waals surface area (Å²) in [5.41, 5.74) is 0.977. The molecule has 3 aromatic carbocycles. The highest BCUT2D eigenvalue weighted by atomic mass is 35.5. The second-order valence-electron chi connectivity index (χ2n) is 10.4. The third kappa shape index (κ3) is 4.82. The lowest BCUT2D eigenvalue weighted by molar-refractivity contribution is -0.118. The highest BCUT2D eigenvalue weighted by Gasteiger charge is 2.27. The first-order chi connectivity index (χ1) is 21.0. The average Bonchev–Trinajstić information content (AvgIpc) is 3.41. The molecule has 3 heterocycles. The Morgan fingerprint density at radius 1 is 0.955 bits per heavy atom. The van der Waals surface area contributed by atoms with E-state index >= 15 is 0 Å². The van der Waals surface area contributed by atoms with Crippen molar-refractivity contribution in [3.63, 3.8) is 0 Å². The highest BCUT2D eigenvalue weighted by Crippen LogP contribution is 2.42. The van der Waals surface area contributed by atoms with Gasteiger partial charge in [-0.05, 0) is 59.5 Å². The minimum Gasteiger partial charge on any atom is -0.496 e. The molecule has 0 atom stereocenters. The number of carbonyl (C=O) groups excluding carboxylic acids is 1. The van der Waals surface area contributed by atoms with E-state index in [1.165, 1.54) is 23.0 Å². The second-order valence-corrected chi connectivity index (χ2v) is 10.8. The lowest BCUT2D eigenvalue weighted by Gasteiger charge is -2.28. The molecule has 0 radical (unpaired) electrons. The molecule has 2 aromatic heterocycles. The lowest BCUT2D eigenvalue weighted by Crippen LogP contribution is -2.41. The fourth-order valence-corrected chi connectivity index (χ4v) is 5.88. The van der Waals surface area contributed by atoms with Crippen LogP contribution in [-0.4, -0.2) is 44.0 Å². The number of hydrogen-bond donors (Lipinski definition) is 0. The number of hydrogen-bond acceptors (Lipinski definition) is 6. The molecular weight excluding hydrogens is 601 g/mol. The van der Waals surface area contributed by atoms with Crippen LogP contribution in [0.25, 0.3) is 22.0 Å². The van der Waals surface area contributed by atoms with E-state index in [1.807, 2.05) is 0 Å². The van der Waals surface area contributed by atoms with Gasteiger partial charge in [0.1, 0.15) is 17.5 Å². The van der Waals surface area contributed by atoms with Gasteiger partial charge in [-0.2, -0.15) is 5.10 Å². The normalized spacial score (nSPS) is 13.1. The molecule has 1 amide bonds. The van der Waals surface area contributed by atoms with E-state index in [9.17, 15) is 27.6 Å². The molecule has 6 rings (SSSR count). The van der Waals surface area contributed by atoms with Crippen molar-refractivity contribution in [1.29, 1.82) is 0 Å². The maximum absolute atomic E-state index is 14.2. The van der Waals surface area contributed by atoms with Crippen molar-refractivity contribution in [2.75, 3.05) is 19.1 Å². The maximum atomic E-state index is 14.2. The number of ether oxygens (including phenoxy) is 1. The fraction of sp³-hybridized carbons (Fsp3) is 0.233. The first-order valence-corrected chi connectivity index (χ1v) is 13.8. The van der Waals surface area contributed by atoms with E-state index in [0.29, 0.717) is 28.3 Å². The van der Waals surface area contributed by atoms with E-state index in [0.717, 1.165) is 26.8 Å². The fourth-order valence-electron chi connectivity index (χ4n) is 5.60. The number of rotatable bonds is 6. The van der Waals surface area contributed by atoms with Crippen molar-refractivity contribution in [2.45, 2.75) is 25.9 Å². The summed E-state index contributed by atoms with van der Waals surface area (Å²) >= 11 is 6.71. The van der Waals surface area contributed by atoms with Crippen LogP contribution in [0.2, 0.25) is 5.02 Å². The SMILES string of the molecule is COc1cc(-c2c(Cl)ccc3c2CCC(=O)N3C)cc2c1c(=O)n(Cc1ncn(C)n1)c(=O)n2Cc1cc(F)c(F)c(F)c1. The smallest absolute Gasteiger partial charge is 0.332 e. The standard InChI is InChI=1S/C30H24ClF3N6O4/c1-37-14-35-24(36-37)13-40-29(42)27-22(39(30(40)43)12-15-8-19(32)28(34)20(33)9-15)10-16(11-23(27)44-3)26-17-4-7-25(41)38(2)21(17)6-5-18(26)31/h5-6,8-11,14H,4,7,12-13H2,1-3H3. The van der Waals surface area contributed by atoms with Crippen molar-refractivity contribution in [1.82, 2.24) is 23.9 Å². The van der Waals surface area contributed by atoms with Gasteiger partial charge in [0.15, 0.2) is 23.3 Å². The maximum Gasteiger partial charge on any atom is 0.332 e. The minimum absolute atomic E-state index is 0.00283.